The molecule has 18 heavy (non-hydrogen) atoms. The molecule has 0 aliphatic heterocycles. The summed E-state index contributed by atoms with van der Waals surface area (Å²) < 4.78 is 0. The zero-order valence-corrected chi connectivity index (χ0v) is 10.3. The number of carbonyl (C=O) groups excluding carboxylic acids is 1. The number of aromatic nitrogens is 2. The highest BCUT2D eigenvalue weighted by atomic mass is 32.1. The molecule has 1 aromatic heterocycles. The second-order valence-corrected chi connectivity index (χ2v) is 4.52. The van der Waals surface area contributed by atoms with E-state index >= 15 is 0 Å². The van der Waals surface area contributed by atoms with Gasteiger partial charge in [0.1, 0.15) is 10.8 Å². The summed E-state index contributed by atoms with van der Waals surface area (Å²) in [6.07, 6.45) is 0.258. The quantitative estimate of drug-likeness (QED) is 0.770. The fourth-order valence-corrected chi connectivity index (χ4v) is 2.07. The third-order valence-corrected chi connectivity index (χ3v) is 3.04. The van der Waals surface area contributed by atoms with Crippen molar-refractivity contribution in [2.45, 2.75) is 6.42 Å². The fraction of sp³-hybridized carbons (Fsp3) is 0.182. The van der Waals surface area contributed by atoms with E-state index in [-0.39, 0.29) is 18.1 Å². The topological polar surface area (TPSA) is 101 Å². The molecule has 1 aromatic carbocycles. The van der Waals surface area contributed by atoms with E-state index in [1.807, 2.05) is 0 Å². The molecule has 0 fully saturated rings. The summed E-state index contributed by atoms with van der Waals surface area (Å²) in [6, 6.07) is 6.62. The molecule has 0 aliphatic carbocycles. The van der Waals surface area contributed by atoms with Gasteiger partial charge >= 0.3 is 0 Å². The molecule has 1 amide bonds. The number of hydrogen-bond donors (Lipinski definition) is 3. The minimum atomic E-state index is -0.175. The molecule has 2 aromatic rings. The van der Waals surface area contributed by atoms with Gasteiger partial charge in [-0.15, -0.1) is 10.2 Å². The molecule has 0 unspecified atom stereocenters. The minimum Gasteiger partial charge on any atom is -0.508 e. The van der Waals surface area contributed by atoms with Crippen LogP contribution in [0.2, 0.25) is 0 Å². The zero-order valence-electron chi connectivity index (χ0n) is 9.46. The molecule has 0 saturated heterocycles. The molecule has 0 aliphatic rings. The second-order valence-electron chi connectivity index (χ2n) is 3.55. The number of aromatic hydroxyl groups is 1. The SMILES string of the molecule is NCCC(=O)Nc1nnc(-c2ccc(O)cc2)s1. The Balaban J connectivity index is 2.10. The summed E-state index contributed by atoms with van der Waals surface area (Å²) in [4.78, 5) is 11.3. The molecule has 1 heterocycles. The molecule has 94 valence electrons. The number of anilines is 1. The molecule has 0 saturated carbocycles. The van der Waals surface area contributed by atoms with Crippen LogP contribution >= 0.6 is 11.3 Å². The van der Waals surface area contributed by atoms with Crippen molar-refractivity contribution in [1.82, 2.24) is 10.2 Å². The number of nitrogens with two attached hydrogens (primary N) is 1. The van der Waals surface area contributed by atoms with Crippen molar-refractivity contribution in [2.24, 2.45) is 5.73 Å². The Morgan fingerprint density at radius 3 is 2.72 bits per heavy atom. The van der Waals surface area contributed by atoms with E-state index in [2.05, 4.69) is 15.5 Å². The summed E-state index contributed by atoms with van der Waals surface area (Å²) in [7, 11) is 0. The van der Waals surface area contributed by atoms with Crippen LogP contribution < -0.4 is 11.1 Å². The van der Waals surface area contributed by atoms with Gasteiger partial charge in [0.2, 0.25) is 11.0 Å². The normalized spacial score (nSPS) is 10.3. The first kappa shape index (κ1) is 12.5. The predicted octanol–water partition coefficient (Wildman–Crippen LogP) is 1.20. The van der Waals surface area contributed by atoms with Crippen molar-refractivity contribution in [3.05, 3.63) is 24.3 Å². The van der Waals surface area contributed by atoms with Crippen molar-refractivity contribution in [2.75, 3.05) is 11.9 Å². The zero-order chi connectivity index (χ0) is 13.0. The van der Waals surface area contributed by atoms with Crippen LogP contribution in [-0.2, 0) is 4.79 Å². The molecule has 4 N–H and O–H groups in total. The van der Waals surface area contributed by atoms with E-state index < -0.39 is 0 Å². The Hall–Kier alpha value is -1.99. The molecule has 2 rings (SSSR count). The number of nitrogens with one attached hydrogen (secondary N) is 1. The fourth-order valence-electron chi connectivity index (χ4n) is 1.31. The lowest BCUT2D eigenvalue weighted by molar-refractivity contribution is -0.116. The van der Waals surface area contributed by atoms with E-state index in [4.69, 9.17) is 5.73 Å². The first-order chi connectivity index (χ1) is 8.69. The van der Waals surface area contributed by atoms with Gasteiger partial charge in [0, 0.05) is 18.5 Å². The van der Waals surface area contributed by atoms with Crippen LogP contribution in [0, 0.1) is 0 Å². The minimum absolute atomic E-state index is 0.175. The summed E-state index contributed by atoms with van der Waals surface area (Å²) in [5.41, 5.74) is 6.11. The van der Waals surface area contributed by atoms with Gasteiger partial charge in [0.05, 0.1) is 0 Å². The first-order valence-electron chi connectivity index (χ1n) is 5.32. The lowest BCUT2D eigenvalue weighted by Gasteiger charge is -1.97. The van der Waals surface area contributed by atoms with Crippen molar-refractivity contribution in [3.63, 3.8) is 0 Å². The summed E-state index contributed by atoms with van der Waals surface area (Å²) in [6.45, 7) is 0.301. The van der Waals surface area contributed by atoms with Crippen LogP contribution in [0.5, 0.6) is 5.75 Å². The maximum Gasteiger partial charge on any atom is 0.227 e. The number of phenols is 1. The van der Waals surface area contributed by atoms with E-state index in [0.717, 1.165) is 5.56 Å². The van der Waals surface area contributed by atoms with Gasteiger partial charge in [-0.2, -0.15) is 0 Å². The van der Waals surface area contributed by atoms with Crippen LogP contribution in [0.4, 0.5) is 5.13 Å². The largest absolute Gasteiger partial charge is 0.508 e. The average molecular weight is 264 g/mol. The Kier molecular flexibility index (Phi) is 3.85. The third-order valence-electron chi connectivity index (χ3n) is 2.16. The maximum atomic E-state index is 11.3. The number of phenolic OH excluding ortho intramolecular Hbond substituents is 1. The van der Waals surface area contributed by atoms with Crippen LogP contribution in [0.15, 0.2) is 24.3 Å². The van der Waals surface area contributed by atoms with Gasteiger partial charge in [-0.05, 0) is 24.3 Å². The second kappa shape index (κ2) is 5.56. The summed E-state index contributed by atoms with van der Waals surface area (Å²) in [5, 5.41) is 20.8. The average Bonchev–Trinajstić information content (AvgIpc) is 2.78. The Labute approximate surface area is 107 Å². The maximum absolute atomic E-state index is 11.3. The highest BCUT2D eigenvalue weighted by Crippen LogP contribution is 2.27. The number of carbonyl (C=O) groups is 1. The van der Waals surface area contributed by atoms with Gasteiger partial charge in [-0.3, -0.25) is 4.79 Å². The van der Waals surface area contributed by atoms with Gasteiger partial charge in [-0.1, -0.05) is 11.3 Å². The Bertz CT molecular complexity index is 538. The monoisotopic (exact) mass is 264 g/mol. The number of amides is 1. The van der Waals surface area contributed by atoms with Crippen LogP contribution in [-0.4, -0.2) is 27.8 Å². The van der Waals surface area contributed by atoms with Crippen molar-refractivity contribution < 1.29 is 9.90 Å². The Morgan fingerprint density at radius 1 is 1.33 bits per heavy atom. The predicted molar refractivity (Wildman–Crippen MR) is 69.3 cm³/mol. The molecule has 6 nitrogen and oxygen atoms in total. The Morgan fingerprint density at radius 2 is 2.06 bits per heavy atom. The molecule has 7 heteroatoms. The number of rotatable bonds is 4. The van der Waals surface area contributed by atoms with E-state index in [1.54, 1.807) is 24.3 Å². The van der Waals surface area contributed by atoms with Gasteiger partial charge < -0.3 is 16.2 Å². The van der Waals surface area contributed by atoms with E-state index in [0.29, 0.717) is 16.7 Å². The highest BCUT2D eigenvalue weighted by Gasteiger charge is 2.09. The molecule has 0 atom stereocenters. The van der Waals surface area contributed by atoms with Crippen LogP contribution in [0.1, 0.15) is 6.42 Å². The molecule has 0 spiro atoms. The number of hydrogen-bond acceptors (Lipinski definition) is 6. The first-order valence-corrected chi connectivity index (χ1v) is 6.13. The van der Waals surface area contributed by atoms with Gasteiger partial charge in [0.15, 0.2) is 0 Å². The molecular weight excluding hydrogens is 252 g/mol. The van der Waals surface area contributed by atoms with Gasteiger partial charge in [-0.25, -0.2) is 0 Å². The summed E-state index contributed by atoms with van der Waals surface area (Å²) in [5.74, 6) is 0.0191. The van der Waals surface area contributed by atoms with Crippen LogP contribution in [0.25, 0.3) is 10.6 Å². The molecule has 0 radical (unpaired) electrons. The molecule has 0 bridgehead atoms. The smallest absolute Gasteiger partial charge is 0.227 e. The highest BCUT2D eigenvalue weighted by molar-refractivity contribution is 7.18. The summed E-state index contributed by atoms with van der Waals surface area (Å²) >= 11 is 1.27. The molecular formula is C11H12N4O2S. The van der Waals surface area contributed by atoms with E-state index in [9.17, 15) is 9.90 Å². The van der Waals surface area contributed by atoms with Crippen LogP contribution in [0.3, 0.4) is 0 Å². The standard InChI is InChI=1S/C11H12N4O2S/c12-6-5-9(17)13-11-15-14-10(18-11)7-1-3-8(16)4-2-7/h1-4,16H,5-6,12H2,(H,13,15,17). The van der Waals surface area contributed by atoms with Crippen molar-refractivity contribution in [1.29, 1.82) is 0 Å². The van der Waals surface area contributed by atoms with Crippen molar-refractivity contribution in [3.8, 4) is 16.3 Å². The van der Waals surface area contributed by atoms with Gasteiger partial charge in [0.25, 0.3) is 0 Å². The lowest BCUT2D eigenvalue weighted by atomic mass is 10.2. The van der Waals surface area contributed by atoms with E-state index in [1.165, 1.54) is 11.3 Å². The number of benzene rings is 1. The number of nitrogens with zero attached hydrogens (tertiary/aromatic N) is 2. The lowest BCUT2D eigenvalue weighted by Crippen LogP contribution is -2.15. The van der Waals surface area contributed by atoms with Crippen molar-refractivity contribution >= 4 is 22.4 Å². The third kappa shape index (κ3) is 3.02.